The first-order valence-electron chi connectivity index (χ1n) is 7.35. The third kappa shape index (κ3) is 3.21. The van der Waals surface area contributed by atoms with E-state index in [-0.39, 0.29) is 6.04 Å². The quantitative estimate of drug-likeness (QED) is 0.814. The van der Waals surface area contributed by atoms with Gasteiger partial charge in [0.25, 0.3) is 0 Å². The topological polar surface area (TPSA) is 32.3 Å². The molecule has 1 saturated carbocycles. The van der Waals surface area contributed by atoms with E-state index in [0.29, 0.717) is 11.8 Å². The molecule has 2 aliphatic rings. The standard InChI is InChI=1S/C14H26N2O/c1-2-15-13(12-8-4-3-5-9-12)14(17)16-10-6-7-11-16/h12-13,15H,2-11H2,1H3/t13-/m0/s1. The molecule has 3 heteroatoms. The van der Waals surface area contributed by atoms with E-state index in [1.165, 1.54) is 44.9 Å². The minimum Gasteiger partial charge on any atom is -0.341 e. The van der Waals surface area contributed by atoms with Crippen molar-refractivity contribution in [2.75, 3.05) is 19.6 Å². The summed E-state index contributed by atoms with van der Waals surface area (Å²) >= 11 is 0. The Kier molecular flexibility index (Phi) is 4.84. The van der Waals surface area contributed by atoms with Gasteiger partial charge in [0.05, 0.1) is 6.04 Å². The predicted molar refractivity (Wildman–Crippen MR) is 69.9 cm³/mol. The lowest BCUT2D eigenvalue weighted by molar-refractivity contribution is -0.134. The molecule has 1 atom stereocenters. The lowest BCUT2D eigenvalue weighted by Gasteiger charge is -2.32. The number of amides is 1. The first-order valence-corrected chi connectivity index (χ1v) is 7.35. The van der Waals surface area contributed by atoms with Crippen molar-refractivity contribution in [1.29, 1.82) is 0 Å². The zero-order valence-electron chi connectivity index (χ0n) is 11.1. The van der Waals surface area contributed by atoms with Crippen LogP contribution in [0.15, 0.2) is 0 Å². The molecule has 3 nitrogen and oxygen atoms in total. The van der Waals surface area contributed by atoms with Gasteiger partial charge in [0, 0.05) is 13.1 Å². The van der Waals surface area contributed by atoms with E-state index in [1.807, 2.05) is 0 Å². The highest BCUT2D eigenvalue weighted by Crippen LogP contribution is 2.28. The van der Waals surface area contributed by atoms with Crippen LogP contribution in [0.5, 0.6) is 0 Å². The van der Waals surface area contributed by atoms with E-state index < -0.39 is 0 Å². The van der Waals surface area contributed by atoms with Crippen molar-refractivity contribution in [1.82, 2.24) is 10.2 Å². The van der Waals surface area contributed by atoms with Crippen molar-refractivity contribution in [2.24, 2.45) is 5.92 Å². The third-order valence-corrected chi connectivity index (χ3v) is 4.23. The fraction of sp³-hybridized carbons (Fsp3) is 0.929. The monoisotopic (exact) mass is 238 g/mol. The summed E-state index contributed by atoms with van der Waals surface area (Å²) in [5.41, 5.74) is 0. The Bertz CT molecular complexity index is 243. The Morgan fingerprint density at radius 2 is 1.82 bits per heavy atom. The highest BCUT2D eigenvalue weighted by molar-refractivity contribution is 5.82. The van der Waals surface area contributed by atoms with E-state index in [9.17, 15) is 4.79 Å². The van der Waals surface area contributed by atoms with Gasteiger partial charge in [-0.2, -0.15) is 0 Å². The molecule has 0 aromatic rings. The van der Waals surface area contributed by atoms with Crippen LogP contribution in [-0.4, -0.2) is 36.5 Å². The second-order valence-electron chi connectivity index (χ2n) is 5.47. The molecule has 2 rings (SSSR count). The molecule has 17 heavy (non-hydrogen) atoms. The Morgan fingerprint density at radius 1 is 1.18 bits per heavy atom. The summed E-state index contributed by atoms with van der Waals surface area (Å²) in [6.07, 6.45) is 8.81. The summed E-state index contributed by atoms with van der Waals surface area (Å²) in [4.78, 5) is 14.6. The van der Waals surface area contributed by atoms with Gasteiger partial charge in [-0.15, -0.1) is 0 Å². The second kappa shape index (κ2) is 6.39. The van der Waals surface area contributed by atoms with Crippen LogP contribution in [0.1, 0.15) is 51.9 Å². The van der Waals surface area contributed by atoms with Crippen molar-refractivity contribution in [3.63, 3.8) is 0 Å². The second-order valence-corrected chi connectivity index (χ2v) is 5.47. The minimum atomic E-state index is 0.0957. The van der Waals surface area contributed by atoms with E-state index in [2.05, 4.69) is 17.1 Å². The number of hydrogen-bond acceptors (Lipinski definition) is 2. The van der Waals surface area contributed by atoms with Crippen LogP contribution in [0.3, 0.4) is 0 Å². The fourth-order valence-corrected chi connectivity index (χ4v) is 3.28. The first-order chi connectivity index (χ1) is 8.33. The molecule has 1 amide bonds. The summed E-state index contributed by atoms with van der Waals surface area (Å²) in [5, 5.41) is 3.44. The van der Waals surface area contributed by atoms with Crippen LogP contribution in [0, 0.1) is 5.92 Å². The Hall–Kier alpha value is -0.570. The molecule has 1 aliphatic carbocycles. The number of carbonyl (C=O) groups is 1. The molecule has 2 fully saturated rings. The highest BCUT2D eigenvalue weighted by atomic mass is 16.2. The van der Waals surface area contributed by atoms with E-state index >= 15 is 0 Å². The maximum atomic E-state index is 12.5. The molecule has 0 aromatic carbocycles. The number of nitrogens with one attached hydrogen (secondary N) is 1. The molecule has 0 unspecified atom stereocenters. The van der Waals surface area contributed by atoms with Crippen molar-refractivity contribution in [3.8, 4) is 0 Å². The summed E-state index contributed by atoms with van der Waals surface area (Å²) in [5.74, 6) is 0.952. The zero-order valence-corrected chi connectivity index (χ0v) is 11.1. The number of hydrogen-bond donors (Lipinski definition) is 1. The number of nitrogens with zero attached hydrogens (tertiary/aromatic N) is 1. The van der Waals surface area contributed by atoms with Gasteiger partial charge < -0.3 is 10.2 Å². The molecule has 1 saturated heterocycles. The third-order valence-electron chi connectivity index (χ3n) is 4.23. The van der Waals surface area contributed by atoms with Crippen LogP contribution in [0.2, 0.25) is 0 Å². The van der Waals surface area contributed by atoms with Gasteiger partial charge in [-0.1, -0.05) is 26.2 Å². The number of likely N-dealkylation sites (N-methyl/N-ethyl adjacent to an activating group) is 1. The summed E-state index contributed by atoms with van der Waals surface area (Å²) in [6, 6.07) is 0.0957. The van der Waals surface area contributed by atoms with Gasteiger partial charge in [0.1, 0.15) is 0 Å². The van der Waals surface area contributed by atoms with Crippen molar-refractivity contribution in [2.45, 2.75) is 57.9 Å². The highest BCUT2D eigenvalue weighted by Gasteiger charge is 2.32. The van der Waals surface area contributed by atoms with Crippen LogP contribution in [-0.2, 0) is 4.79 Å². The van der Waals surface area contributed by atoms with Crippen LogP contribution in [0.25, 0.3) is 0 Å². The largest absolute Gasteiger partial charge is 0.341 e. The van der Waals surface area contributed by atoms with Crippen LogP contribution in [0.4, 0.5) is 0 Å². The Labute approximate surface area is 105 Å². The maximum Gasteiger partial charge on any atom is 0.239 e. The predicted octanol–water partition coefficient (Wildman–Crippen LogP) is 2.17. The molecule has 1 heterocycles. The van der Waals surface area contributed by atoms with Gasteiger partial charge in [-0.25, -0.2) is 0 Å². The number of rotatable bonds is 4. The average Bonchev–Trinajstić information content (AvgIpc) is 2.90. The van der Waals surface area contributed by atoms with Gasteiger partial charge >= 0.3 is 0 Å². The SMILES string of the molecule is CCN[C@H](C(=O)N1CCCC1)C1CCCCC1. The zero-order chi connectivity index (χ0) is 12.1. The first kappa shape index (κ1) is 12.9. The van der Waals surface area contributed by atoms with Crippen molar-refractivity contribution >= 4 is 5.91 Å². The van der Waals surface area contributed by atoms with E-state index in [0.717, 1.165) is 19.6 Å². The molecule has 98 valence electrons. The van der Waals surface area contributed by atoms with Gasteiger partial charge in [-0.3, -0.25) is 4.79 Å². The van der Waals surface area contributed by atoms with E-state index in [4.69, 9.17) is 0 Å². The smallest absolute Gasteiger partial charge is 0.239 e. The molecule has 0 radical (unpaired) electrons. The molecule has 0 spiro atoms. The summed E-state index contributed by atoms with van der Waals surface area (Å²) in [7, 11) is 0. The number of carbonyl (C=O) groups excluding carboxylic acids is 1. The average molecular weight is 238 g/mol. The summed E-state index contributed by atoms with van der Waals surface area (Å²) < 4.78 is 0. The van der Waals surface area contributed by atoms with Gasteiger partial charge in [0.15, 0.2) is 0 Å². The molecule has 0 bridgehead atoms. The van der Waals surface area contributed by atoms with E-state index in [1.54, 1.807) is 0 Å². The molecular formula is C14H26N2O. The van der Waals surface area contributed by atoms with Gasteiger partial charge in [-0.05, 0) is 38.1 Å². The lowest BCUT2D eigenvalue weighted by Crippen LogP contribution is -2.50. The fourth-order valence-electron chi connectivity index (χ4n) is 3.28. The molecule has 1 N–H and O–H groups in total. The summed E-state index contributed by atoms with van der Waals surface area (Å²) in [6.45, 7) is 4.97. The molecule has 0 aromatic heterocycles. The molecular weight excluding hydrogens is 212 g/mol. The van der Waals surface area contributed by atoms with Crippen molar-refractivity contribution < 1.29 is 4.79 Å². The Morgan fingerprint density at radius 3 is 2.41 bits per heavy atom. The lowest BCUT2D eigenvalue weighted by atomic mass is 9.83. The minimum absolute atomic E-state index is 0.0957. The maximum absolute atomic E-state index is 12.5. The van der Waals surface area contributed by atoms with Gasteiger partial charge in [0.2, 0.25) is 5.91 Å². The van der Waals surface area contributed by atoms with Crippen molar-refractivity contribution in [3.05, 3.63) is 0 Å². The molecule has 1 aliphatic heterocycles. The number of likely N-dealkylation sites (tertiary alicyclic amines) is 1. The Balaban J connectivity index is 1.96. The van der Waals surface area contributed by atoms with Crippen LogP contribution >= 0.6 is 0 Å². The van der Waals surface area contributed by atoms with Crippen LogP contribution < -0.4 is 5.32 Å². The normalized spacial score (nSPS) is 23.9.